The van der Waals surface area contributed by atoms with Gasteiger partial charge in [-0.3, -0.25) is 0 Å². The number of aromatic nitrogens is 1. The Morgan fingerprint density at radius 3 is 2.22 bits per heavy atom. The van der Waals surface area contributed by atoms with Crippen molar-refractivity contribution < 1.29 is 41.0 Å². The van der Waals surface area contributed by atoms with Crippen LogP contribution in [0.1, 0.15) is 12.0 Å². The van der Waals surface area contributed by atoms with Crippen molar-refractivity contribution >= 4 is 5.97 Å². The van der Waals surface area contributed by atoms with Gasteiger partial charge in [-0.1, -0.05) is 0 Å². The Balaban J connectivity index is 0.000000322. The van der Waals surface area contributed by atoms with Gasteiger partial charge < -0.3 is 15.2 Å². The summed E-state index contributed by atoms with van der Waals surface area (Å²) in [5, 5.41) is 10.2. The number of rotatable bonds is 2. The van der Waals surface area contributed by atoms with Crippen molar-refractivity contribution in [3.63, 3.8) is 0 Å². The summed E-state index contributed by atoms with van der Waals surface area (Å²) in [4.78, 5) is 12.5. The maximum absolute atomic E-state index is 12.2. The molecule has 0 spiro atoms. The molecular weight excluding hydrogens is 334 g/mol. The number of carboxylic acid groups (broad SMARTS) is 1. The molecule has 1 aromatic rings. The van der Waals surface area contributed by atoms with Crippen LogP contribution in [0.4, 0.5) is 26.3 Å². The predicted octanol–water partition coefficient (Wildman–Crippen LogP) is 2.47. The van der Waals surface area contributed by atoms with E-state index in [1.54, 1.807) is 0 Å². The van der Waals surface area contributed by atoms with Crippen molar-refractivity contribution in [2.24, 2.45) is 0 Å². The molecule has 0 aromatic carbocycles. The third kappa shape index (κ3) is 6.72. The molecule has 1 saturated heterocycles. The molecule has 0 aliphatic carbocycles. The van der Waals surface area contributed by atoms with E-state index < -0.39 is 23.9 Å². The van der Waals surface area contributed by atoms with Crippen LogP contribution in [0.15, 0.2) is 18.3 Å². The van der Waals surface area contributed by atoms with Crippen LogP contribution in [0.5, 0.6) is 5.88 Å². The predicted molar refractivity (Wildman–Crippen MR) is 64.8 cm³/mol. The molecule has 1 aromatic heterocycles. The normalized spacial score (nSPS) is 18.1. The lowest BCUT2D eigenvalue weighted by Gasteiger charge is -2.12. The average Bonchev–Trinajstić information content (AvgIpc) is 2.91. The Kier molecular flexibility index (Phi) is 6.19. The summed E-state index contributed by atoms with van der Waals surface area (Å²) in [5.74, 6) is -2.52. The molecule has 0 saturated carbocycles. The minimum atomic E-state index is -5.08. The first kappa shape index (κ1) is 19.0. The summed E-state index contributed by atoms with van der Waals surface area (Å²) in [6.45, 7) is 1.58. The topological polar surface area (TPSA) is 71.5 Å². The van der Waals surface area contributed by atoms with Crippen LogP contribution in [0.3, 0.4) is 0 Å². The molecule has 1 fully saturated rings. The molecule has 1 atom stereocenters. The first-order valence-electron chi connectivity index (χ1n) is 6.21. The van der Waals surface area contributed by atoms with Crippen LogP contribution in [-0.4, -0.2) is 41.4 Å². The number of ether oxygens (including phenoxy) is 1. The fourth-order valence-electron chi connectivity index (χ4n) is 1.52. The highest BCUT2D eigenvalue weighted by Crippen LogP contribution is 2.29. The number of hydrogen-bond acceptors (Lipinski definition) is 4. The number of halogens is 6. The van der Waals surface area contributed by atoms with Gasteiger partial charge in [-0.15, -0.1) is 0 Å². The van der Waals surface area contributed by atoms with E-state index in [0.29, 0.717) is 6.54 Å². The SMILES string of the molecule is FC(F)(F)c1ccc(OC2CCNC2)nc1.O=C(O)C(F)(F)F. The Morgan fingerprint density at radius 2 is 1.87 bits per heavy atom. The molecule has 1 aliphatic heterocycles. The number of pyridine rings is 1. The highest BCUT2D eigenvalue weighted by molar-refractivity contribution is 5.73. The van der Waals surface area contributed by atoms with Gasteiger partial charge in [0.2, 0.25) is 5.88 Å². The lowest BCUT2D eigenvalue weighted by molar-refractivity contribution is -0.192. The summed E-state index contributed by atoms with van der Waals surface area (Å²) in [7, 11) is 0. The van der Waals surface area contributed by atoms with E-state index in [1.807, 2.05) is 0 Å². The maximum atomic E-state index is 12.2. The smallest absolute Gasteiger partial charge is 0.475 e. The lowest BCUT2D eigenvalue weighted by Crippen LogP contribution is -2.21. The zero-order valence-electron chi connectivity index (χ0n) is 11.4. The highest BCUT2D eigenvalue weighted by Gasteiger charge is 2.38. The number of nitrogens with zero attached hydrogens (tertiary/aromatic N) is 1. The van der Waals surface area contributed by atoms with E-state index in [9.17, 15) is 26.3 Å². The van der Waals surface area contributed by atoms with Crippen molar-refractivity contribution in [2.45, 2.75) is 24.9 Å². The quantitative estimate of drug-likeness (QED) is 0.805. The van der Waals surface area contributed by atoms with Crippen LogP contribution in [0.2, 0.25) is 0 Å². The van der Waals surface area contributed by atoms with Gasteiger partial charge in [-0.2, -0.15) is 26.3 Å². The van der Waals surface area contributed by atoms with Crippen LogP contribution in [-0.2, 0) is 11.0 Å². The number of carbonyl (C=O) groups is 1. The van der Waals surface area contributed by atoms with Crippen molar-refractivity contribution in [2.75, 3.05) is 13.1 Å². The molecule has 0 radical (unpaired) electrons. The maximum Gasteiger partial charge on any atom is 0.490 e. The molecular formula is C12H12F6N2O3. The van der Waals surface area contributed by atoms with Gasteiger partial charge in [0.05, 0.1) is 5.56 Å². The summed E-state index contributed by atoms with van der Waals surface area (Å²) in [6.07, 6.45) is -7.79. The second-order valence-corrected chi connectivity index (χ2v) is 4.42. The zero-order valence-corrected chi connectivity index (χ0v) is 11.4. The zero-order chi connectivity index (χ0) is 17.7. The van der Waals surface area contributed by atoms with Crippen LogP contribution in [0, 0.1) is 0 Å². The third-order valence-corrected chi connectivity index (χ3v) is 2.61. The summed E-state index contributed by atoms with van der Waals surface area (Å²) in [5.41, 5.74) is -0.760. The molecule has 1 aliphatic rings. The first-order chi connectivity index (χ1) is 10.5. The van der Waals surface area contributed by atoms with E-state index in [1.165, 1.54) is 6.07 Å². The number of nitrogens with one attached hydrogen (secondary N) is 1. The second kappa shape index (κ2) is 7.49. The summed E-state index contributed by atoms with van der Waals surface area (Å²) in [6, 6.07) is 2.23. The van der Waals surface area contributed by atoms with E-state index in [0.717, 1.165) is 25.2 Å². The van der Waals surface area contributed by atoms with Gasteiger partial charge in [0.1, 0.15) is 6.10 Å². The molecule has 2 heterocycles. The van der Waals surface area contributed by atoms with Crippen molar-refractivity contribution in [3.8, 4) is 5.88 Å². The van der Waals surface area contributed by atoms with Crippen LogP contribution < -0.4 is 10.1 Å². The molecule has 0 amide bonds. The molecule has 23 heavy (non-hydrogen) atoms. The van der Waals surface area contributed by atoms with Gasteiger partial charge in [-0.25, -0.2) is 9.78 Å². The molecule has 130 valence electrons. The van der Waals surface area contributed by atoms with Gasteiger partial charge in [0.25, 0.3) is 0 Å². The fraction of sp³-hybridized carbons (Fsp3) is 0.500. The summed E-state index contributed by atoms with van der Waals surface area (Å²) >= 11 is 0. The number of hydrogen-bond donors (Lipinski definition) is 2. The number of carboxylic acids is 1. The van der Waals surface area contributed by atoms with Gasteiger partial charge >= 0.3 is 18.3 Å². The Morgan fingerprint density at radius 1 is 1.26 bits per heavy atom. The number of aliphatic carboxylic acids is 1. The molecule has 1 unspecified atom stereocenters. The first-order valence-corrected chi connectivity index (χ1v) is 6.21. The van der Waals surface area contributed by atoms with Crippen LogP contribution >= 0.6 is 0 Å². The van der Waals surface area contributed by atoms with E-state index in [2.05, 4.69) is 10.3 Å². The standard InChI is InChI=1S/C10H11F3N2O.C2HF3O2/c11-10(12,13)7-1-2-9(15-5-7)16-8-3-4-14-6-8;3-2(4,5)1(6)7/h1-2,5,8,14H,3-4,6H2;(H,6,7). The van der Waals surface area contributed by atoms with Crippen molar-refractivity contribution in [3.05, 3.63) is 23.9 Å². The van der Waals surface area contributed by atoms with Crippen molar-refractivity contribution in [1.82, 2.24) is 10.3 Å². The molecule has 2 N–H and O–H groups in total. The summed E-state index contributed by atoms with van der Waals surface area (Å²) < 4.78 is 73.8. The molecule has 5 nitrogen and oxygen atoms in total. The Hall–Kier alpha value is -2.04. The average molecular weight is 346 g/mol. The van der Waals surface area contributed by atoms with Gasteiger partial charge in [0, 0.05) is 18.8 Å². The van der Waals surface area contributed by atoms with Gasteiger partial charge in [0.15, 0.2) is 0 Å². The van der Waals surface area contributed by atoms with E-state index >= 15 is 0 Å². The molecule has 11 heteroatoms. The van der Waals surface area contributed by atoms with E-state index in [-0.39, 0.29) is 12.0 Å². The largest absolute Gasteiger partial charge is 0.490 e. The molecule has 2 rings (SSSR count). The highest BCUT2D eigenvalue weighted by atomic mass is 19.4. The second-order valence-electron chi connectivity index (χ2n) is 4.42. The fourth-order valence-corrected chi connectivity index (χ4v) is 1.52. The van der Waals surface area contributed by atoms with E-state index in [4.69, 9.17) is 14.6 Å². The van der Waals surface area contributed by atoms with Crippen LogP contribution in [0.25, 0.3) is 0 Å². The number of alkyl halides is 6. The lowest BCUT2D eigenvalue weighted by atomic mass is 10.3. The minimum Gasteiger partial charge on any atom is -0.475 e. The third-order valence-electron chi connectivity index (χ3n) is 2.61. The van der Waals surface area contributed by atoms with Gasteiger partial charge in [-0.05, 0) is 19.0 Å². The monoisotopic (exact) mass is 346 g/mol. The Bertz CT molecular complexity index is 509. The Labute approximate surface area is 126 Å². The van der Waals surface area contributed by atoms with Crippen molar-refractivity contribution in [1.29, 1.82) is 0 Å². The molecule has 0 bridgehead atoms. The minimum absolute atomic E-state index is 0.00392.